The summed E-state index contributed by atoms with van der Waals surface area (Å²) in [7, 11) is 0. The Labute approximate surface area is 128 Å². The van der Waals surface area contributed by atoms with E-state index in [-0.39, 0.29) is 22.2 Å². The predicted octanol–water partition coefficient (Wildman–Crippen LogP) is 5.26. The van der Waals surface area contributed by atoms with Crippen molar-refractivity contribution in [3.63, 3.8) is 0 Å². The van der Waals surface area contributed by atoms with Crippen molar-refractivity contribution in [1.82, 2.24) is 9.80 Å². The van der Waals surface area contributed by atoms with Crippen LogP contribution in [0.3, 0.4) is 0 Å². The molecule has 0 amide bonds. The number of hydrogen-bond acceptors (Lipinski definition) is 2. The summed E-state index contributed by atoms with van der Waals surface area (Å²) < 4.78 is 0. The molecule has 0 unspecified atom stereocenters. The minimum atomic E-state index is 0.107. The van der Waals surface area contributed by atoms with Gasteiger partial charge < -0.3 is 9.80 Å². The SMILES string of the molecule is CC(C)(C)N(/C=C/N(C(C)(C)C)C(C)(C)C)C(C)(C)C. The van der Waals surface area contributed by atoms with Crippen LogP contribution >= 0.6 is 0 Å². The molecule has 0 fully saturated rings. The maximum atomic E-state index is 2.44. The van der Waals surface area contributed by atoms with Gasteiger partial charge in [0.25, 0.3) is 0 Å². The number of nitrogens with zero attached hydrogens (tertiary/aromatic N) is 2. The van der Waals surface area contributed by atoms with E-state index in [4.69, 9.17) is 0 Å². The Morgan fingerprint density at radius 1 is 0.400 bits per heavy atom. The van der Waals surface area contributed by atoms with Gasteiger partial charge in [-0.05, 0) is 83.1 Å². The van der Waals surface area contributed by atoms with Crippen molar-refractivity contribution in [3.8, 4) is 0 Å². The summed E-state index contributed by atoms with van der Waals surface area (Å²) in [6.07, 6.45) is 4.52. The van der Waals surface area contributed by atoms with Gasteiger partial charge in [-0.1, -0.05) is 0 Å². The molecule has 0 bridgehead atoms. The van der Waals surface area contributed by atoms with Crippen LogP contribution in [0.5, 0.6) is 0 Å². The fraction of sp³-hybridized carbons (Fsp3) is 0.889. The molecule has 0 aromatic carbocycles. The van der Waals surface area contributed by atoms with E-state index in [1.807, 2.05) is 0 Å². The minimum Gasteiger partial charge on any atom is -0.367 e. The molecule has 20 heavy (non-hydrogen) atoms. The highest BCUT2D eigenvalue weighted by molar-refractivity contribution is 5.01. The first-order valence-electron chi connectivity index (χ1n) is 7.74. The van der Waals surface area contributed by atoms with Crippen LogP contribution < -0.4 is 0 Å². The number of hydrogen-bond donors (Lipinski definition) is 0. The lowest BCUT2D eigenvalue weighted by atomic mass is 9.95. The van der Waals surface area contributed by atoms with Crippen molar-refractivity contribution in [2.45, 2.75) is 105 Å². The van der Waals surface area contributed by atoms with Crippen LogP contribution in [-0.4, -0.2) is 32.0 Å². The molecule has 0 aliphatic heterocycles. The van der Waals surface area contributed by atoms with Gasteiger partial charge in [0.15, 0.2) is 0 Å². The Bertz CT molecular complexity index is 264. The molecular formula is C18H38N2. The molecule has 0 radical (unpaired) electrons. The molecule has 120 valence electrons. The van der Waals surface area contributed by atoms with Crippen LogP contribution in [0.15, 0.2) is 12.4 Å². The highest BCUT2D eigenvalue weighted by atomic mass is 15.3. The van der Waals surface area contributed by atoms with Gasteiger partial charge in [-0.3, -0.25) is 0 Å². The Balaban J connectivity index is 5.50. The van der Waals surface area contributed by atoms with Gasteiger partial charge >= 0.3 is 0 Å². The first-order chi connectivity index (χ1) is 8.47. The molecule has 0 aromatic rings. The molecule has 0 aromatic heterocycles. The molecule has 0 saturated heterocycles. The maximum Gasteiger partial charge on any atom is 0.0318 e. The zero-order valence-corrected chi connectivity index (χ0v) is 16.0. The van der Waals surface area contributed by atoms with Gasteiger partial charge in [0, 0.05) is 34.6 Å². The van der Waals surface area contributed by atoms with E-state index >= 15 is 0 Å². The molecule has 0 saturated carbocycles. The highest BCUT2D eigenvalue weighted by Crippen LogP contribution is 2.28. The minimum absolute atomic E-state index is 0.107. The maximum absolute atomic E-state index is 2.44. The summed E-state index contributed by atoms with van der Waals surface area (Å²) in [4.78, 5) is 4.87. The van der Waals surface area contributed by atoms with E-state index in [0.717, 1.165) is 0 Å². The number of rotatable bonds is 2. The molecule has 0 heterocycles. The van der Waals surface area contributed by atoms with Gasteiger partial charge in [-0.15, -0.1) is 0 Å². The fourth-order valence-corrected chi connectivity index (χ4v) is 3.04. The van der Waals surface area contributed by atoms with Crippen molar-refractivity contribution in [2.24, 2.45) is 0 Å². The molecule has 0 aliphatic rings. The second-order valence-electron chi connectivity index (χ2n) is 9.72. The van der Waals surface area contributed by atoms with E-state index in [1.165, 1.54) is 0 Å². The van der Waals surface area contributed by atoms with Crippen LogP contribution in [-0.2, 0) is 0 Å². The molecule has 0 spiro atoms. The molecule has 0 N–H and O–H groups in total. The molecule has 0 atom stereocenters. The van der Waals surface area contributed by atoms with Crippen molar-refractivity contribution in [2.75, 3.05) is 0 Å². The van der Waals surface area contributed by atoms with Crippen LogP contribution in [0.1, 0.15) is 83.1 Å². The van der Waals surface area contributed by atoms with Gasteiger partial charge in [-0.2, -0.15) is 0 Å². The first-order valence-corrected chi connectivity index (χ1v) is 7.74. The summed E-state index contributed by atoms with van der Waals surface area (Å²) in [5.41, 5.74) is 0.429. The summed E-state index contributed by atoms with van der Waals surface area (Å²) in [6.45, 7) is 27.2. The Hall–Kier alpha value is -0.660. The smallest absolute Gasteiger partial charge is 0.0318 e. The second kappa shape index (κ2) is 5.61. The van der Waals surface area contributed by atoms with Crippen LogP contribution in [0.25, 0.3) is 0 Å². The second-order valence-corrected chi connectivity index (χ2v) is 9.72. The van der Waals surface area contributed by atoms with Crippen molar-refractivity contribution < 1.29 is 0 Å². The van der Waals surface area contributed by atoms with Gasteiger partial charge in [0.2, 0.25) is 0 Å². The van der Waals surface area contributed by atoms with Crippen LogP contribution in [0.4, 0.5) is 0 Å². The Kier molecular flexibility index (Phi) is 5.43. The highest BCUT2D eigenvalue weighted by Gasteiger charge is 2.31. The lowest BCUT2D eigenvalue weighted by Crippen LogP contribution is -2.52. The third-order valence-corrected chi connectivity index (χ3v) is 3.26. The summed E-state index contributed by atoms with van der Waals surface area (Å²) in [5.74, 6) is 0. The van der Waals surface area contributed by atoms with E-state index in [0.29, 0.717) is 0 Å². The summed E-state index contributed by atoms with van der Waals surface area (Å²) in [6, 6.07) is 0. The van der Waals surface area contributed by atoms with E-state index in [1.54, 1.807) is 0 Å². The molecular weight excluding hydrogens is 244 g/mol. The summed E-state index contributed by atoms with van der Waals surface area (Å²) in [5, 5.41) is 0. The fourth-order valence-electron chi connectivity index (χ4n) is 3.04. The Morgan fingerprint density at radius 3 is 0.650 bits per heavy atom. The monoisotopic (exact) mass is 282 g/mol. The van der Waals surface area contributed by atoms with Crippen molar-refractivity contribution in [1.29, 1.82) is 0 Å². The lowest BCUT2D eigenvalue weighted by Gasteiger charge is -2.48. The molecule has 0 rings (SSSR count). The quantitative estimate of drug-likeness (QED) is 0.682. The Morgan fingerprint density at radius 2 is 0.550 bits per heavy atom. The van der Waals surface area contributed by atoms with Crippen LogP contribution in [0, 0.1) is 0 Å². The molecule has 2 heteroatoms. The summed E-state index contributed by atoms with van der Waals surface area (Å²) >= 11 is 0. The third kappa shape index (κ3) is 5.76. The van der Waals surface area contributed by atoms with E-state index in [9.17, 15) is 0 Å². The van der Waals surface area contributed by atoms with Gasteiger partial charge in [0.05, 0.1) is 0 Å². The van der Waals surface area contributed by atoms with E-state index < -0.39 is 0 Å². The lowest BCUT2D eigenvalue weighted by molar-refractivity contribution is 0.0724. The van der Waals surface area contributed by atoms with Crippen LogP contribution in [0.2, 0.25) is 0 Å². The standard InChI is InChI=1S/C18H38N2/c1-15(2,3)19(16(4,5)6)13-14-20(17(7,8)9)18(10,11)12/h13-14H,1-12H3/b14-13+. The van der Waals surface area contributed by atoms with Crippen molar-refractivity contribution in [3.05, 3.63) is 12.4 Å². The zero-order chi connectivity index (χ0) is 16.6. The molecule has 2 nitrogen and oxygen atoms in total. The third-order valence-electron chi connectivity index (χ3n) is 3.26. The topological polar surface area (TPSA) is 6.48 Å². The first kappa shape index (κ1) is 19.3. The van der Waals surface area contributed by atoms with Gasteiger partial charge in [-0.25, -0.2) is 0 Å². The van der Waals surface area contributed by atoms with Gasteiger partial charge in [0.1, 0.15) is 0 Å². The average molecular weight is 283 g/mol. The molecule has 0 aliphatic carbocycles. The van der Waals surface area contributed by atoms with Crippen molar-refractivity contribution >= 4 is 0 Å². The van der Waals surface area contributed by atoms with E-state index in [2.05, 4.69) is 105 Å². The average Bonchev–Trinajstić information content (AvgIpc) is 2.02. The predicted molar refractivity (Wildman–Crippen MR) is 91.8 cm³/mol. The normalized spacial score (nSPS) is 14.8. The zero-order valence-electron chi connectivity index (χ0n) is 16.0. The largest absolute Gasteiger partial charge is 0.367 e.